The summed E-state index contributed by atoms with van der Waals surface area (Å²) in [6.45, 7) is 2.88. The van der Waals surface area contributed by atoms with Crippen LogP contribution in [0.15, 0.2) is 18.2 Å². The molecule has 0 aliphatic carbocycles. The van der Waals surface area contributed by atoms with Gasteiger partial charge in [-0.15, -0.1) is 0 Å². The van der Waals surface area contributed by atoms with Crippen molar-refractivity contribution >= 4 is 28.4 Å². The number of aryl methyl sites for hydroxylation is 1. The van der Waals surface area contributed by atoms with E-state index in [2.05, 4.69) is 5.32 Å². The monoisotopic (exact) mass is 303 g/mol. The van der Waals surface area contributed by atoms with Crippen LogP contribution in [-0.2, 0) is 11.8 Å². The van der Waals surface area contributed by atoms with Gasteiger partial charge in [0.15, 0.2) is 0 Å². The molecule has 0 radical (unpaired) electrons. The molecule has 6 heteroatoms. The van der Waals surface area contributed by atoms with Crippen molar-refractivity contribution in [3.05, 3.63) is 29.7 Å². The van der Waals surface area contributed by atoms with Crippen LogP contribution in [0.3, 0.4) is 0 Å². The summed E-state index contributed by atoms with van der Waals surface area (Å²) in [5, 5.41) is 3.36. The molecule has 1 aliphatic heterocycles. The maximum absolute atomic E-state index is 13.7. The Hall–Kier alpha value is -2.37. The van der Waals surface area contributed by atoms with Crippen molar-refractivity contribution in [2.45, 2.75) is 19.8 Å². The van der Waals surface area contributed by atoms with Crippen LogP contribution in [0.4, 0.5) is 10.1 Å². The molecule has 2 heterocycles. The van der Waals surface area contributed by atoms with Gasteiger partial charge in [-0.25, -0.2) is 4.39 Å². The minimum Gasteiger partial charge on any atom is -0.351 e. The molecule has 1 aromatic heterocycles. The zero-order valence-electron chi connectivity index (χ0n) is 12.6. The van der Waals surface area contributed by atoms with E-state index in [0.717, 1.165) is 11.9 Å². The topological polar surface area (TPSA) is 54.3 Å². The van der Waals surface area contributed by atoms with Crippen molar-refractivity contribution in [3.8, 4) is 0 Å². The molecule has 0 spiro atoms. The van der Waals surface area contributed by atoms with Gasteiger partial charge in [-0.05, 0) is 31.5 Å². The van der Waals surface area contributed by atoms with Crippen LogP contribution in [0.1, 0.15) is 30.3 Å². The molecule has 0 unspecified atom stereocenters. The van der Waals surface area contributed by atoms with E-state index in [4.69, 9.17) is 0 Å². The van der Waals surface area contributed by atoms with E-state index in [1.165, 1.54) is 12.1 Å². The van der Waals surface area contributed by atoms with Crippen molar-refractivity contribution in [1.82, 2.24) is 9.88 Å². The number of benzene rings is 1. The third-order valence-electron chi connectivity index (χ3n) is 4.03. The second-order valence-corrected chi connectivity index (χ2v) is 5.43. The molecule has 1 fully saturated rings. The summed E-state index contributed by atoms with van der Waals surface area (Å²) in [5.41, 5.74) is 1.65. The first-order valence-corrected chi connectivity index (χ1v) is 7.41. The van der Waals surface area contributed by atoms with Gasteiger partial charge in [0.25, 0.3) is 5.91 Å². The lowest BCUT2D eigenvalue weighted by Crippen LogP contribution is -2.30. The first-order valence-electron chi connectivity index (χ1n) is 7.41. The summed E-state index contributed by atoms with van der Waals surface area (Å²) in [4.78, 5) is 26.2. The number of rotatable bonds is 3. The van der Waals surface area contributed by atoms with Crippen LogP contribution in [0, 0.1) is 5.82 Å². The van der Waals surface area contributed by atoms with Crippen molar-refractivity contribution in [1.29, 1.82) is 0 Å². The quantitative estimate of drug-likeness (QED) is 0.945. The molecule has 1 N–H and O–H groups in total. The smallest absolute Gasteiger partial charge is 0.270 e. The zero-order valence-corrected chi connectivity index (χ0v) is 12.6. The summed E-state index contributed by atoms with van der Waals surface area (Å²) in [7, 11) is 1.76. The molecule has 1 aromatic carbocycles. The maximum Gasteiger partial charge on any atom is 0.270 e. The van der Waals surface area contributed by atoms with Crippen LogP contribution < -0.4 is 10.2 Å². The van der Waals surface area contributed by atoms with Gasteiger partial charge in [0.1, 0.15) is 11.5 Å². The minimum atomic E-state index is -0.381. The molecule has 0 bridgehead atoms. The molecule has 3 rings (SSSR count). The van der Waals surface area contributed by atoms with E-state index in [0.29, 0.717) is 36.3 Å². The first kappa shape index (κ1) is 14.6. The molecule has 1 saturated heterocycles. The van der Waals surface area contributed by atoms with Crippen LogP contribution in [0.25, 0.3) is 10.9 Å². The number of fused-ring (bicyclic) bond motifs is 1. The Labute approximate surface area is 127 Å². The van der Waals surface area contributed by atoms with Gasteiger partial charge in [0.05, 0.1) is 11.2 Å². The minimum absolute atomic E-state index is 0.0256. The van der Waals surface area contributed by atoms with E-state index in [-0.39, 0.29) is 17.6 Å². The van der Waals surface area contributed by atoms with E-state index in [9.17, 15) is 14.0 Å². The largest absolute Gasteiger partial charge is 0.351 e. The Morgan fingerprint density at radius 3 is 2.82 bits per heavy atom. The molecular weight excluding hydrogens is 285 g/mol. The highest BCUT2D eigenvalue weighted by molar-refractivity contribution is 6.14. The van der Waals surface area contributed by atoms with Crippen molar-refractivity contribution < 1.29 is 14.0 Å². The second kappa shape index (κ2) is 5.44. The lowest BCUT2D eigenvalue weighted by molar-refractivity contribution is -0.117. The van der Waals surface area contributed by atoms with Gasteiger partial charge in [-0.2, -0.15) is 0 Å². The molecule has 1 aliphatic rings. The standard InChI is InChI=1S/C16H18FN3O2/c1-3-18-16(22)15-14(20-8-4-5-13(20)21)11-9-10(17)6-7-12(11)19(15)2/h6-7,9H,3-5,8H2,1-2H3,(H,18,22). The SMILES string of the molecule is CCNC(=O)c1c(N2CCCC2=O)c2cc(F)ccc2n1C. The predicted molar refractivity (Wildman–Crippen MR) is 82.5 cm³/mol. The number of aromatic nitrogens is 1. The zero-order chi connectivity index (χ0) is 15.9. The molecular formula is C16H18FN3O2. The highest BCUT2D eigenvalue weighted by atomic mass is 19.1. The highest BCUT2D eigenvalue weighted by Gasteiger charge is 2.31. The number of amides is 2. The highest BCUT2D eigenvalue weighted by Crippen LogP contribution is 2.36. The van der Waals surface area contributed by atoms with E-state index >= 15 is 0 Å². The van der Waals surface area contributed by atoms with Gasteiger partial charge in [0.2, 0.25) is 5.91 Å². The average molecular weight is 303 g/mol. The van der Waals surface area contributed by atoms with Gasteiger partial charge >= 0.3 is 0 Å². The van der Waals surface area contributed by atoms with E-state index < -0.39 is 0 Å². The third-order valence-corrected chi connectivity index (χ3v) is 4.03. The maximum atomic E-state index is 13.7. The Morgan fingerprint density at radius 2 is 2.18 bits per heavy atom. The van der Waals surface area contributed by atoms with Crippen molar-refractivity contribution in [2.75, 3.05) is 18.0 Å². The van der Waals surface area contributed by atoms with E-state index in [1.54, 1.807) is 22.6 Å². The Bertz CT molecular complexity index is 766. The van der Waals surface area contributed by atoms with Crippen LogP contribution >= 0.6 is 0 Å². The van der Waals surface area contributed by atoms with Crippen LogP contribution in [-0.4, -0.2) is 29.5 Å². The Kier molecular flexibility index (Phi) is 3.60. The number of carbonyl (C=O) groups excluding carboxylic acids is 2. The lowest BCUT2D eigenvalue weighted by atomic mass is 10.2. The average Bonchev–Trinajstić information content (AvgIpc) is 3.00. The fraction of sp³-hybridized carbons (Fsp3) is 0.375. The van der Waals surface area contributed by atoms with Gasteiger partial charge in [0, 0.05) is 31.9 Å². The molecule has 2 aromatic rings. The summed E-state index contributed by atoms with van der Waals surface area (Å²) in [6.07, 6.45) is 1.21. The third kappa shape index (κ3) is 2.15. The summed E-state index contributed by atoms with van der Waals surface area (Å²) < 4.78 is 15.4. The number of nitrogens with one attached hydrogen (secondary N) is 1. The Balaban J connectivity index is 2.29. The van der Waals surface area contributed by atoms with E-state index in [1.807, 2.05) is 6.92 Å². The number of hydrogen-bond donors (Lipinski definition) is 1. The Morgan fingerprint density at radius 1 is 1.41 bits per heavy atom. The number of anilines is 1. The molecule has 2 amide bonds. The predicted octanol–water partition coefficient (Wildman–Crippen LogP) is 2.19. The van der Waals surface area contributed by atoms with Crippen LogP contribution in [0.5, 0.6) is 0 Å². The number of hydrogen-bond acceptors (Lipinski definition) is 2. The molecule has 5 nitrogen and oxygen atoms in total. The molecule has 22 heavy (non-hydrogen) atoms. The second-order valence-electron chi connectivity index (χ2n) is 5.43. The van der Waals surface area contributed by atoms with Crippen molar-refractivity contribution in [2.24, 2.45) is 7.05 Å². The lowest BCUT2D eigenvalue weighted by Gasteiger charge is -2.17. The first-order chi connectivity index (χ1) is 10.5. The van der Waals surface area contributed by atoms with Crippen molar-refractivity contribution in [3.63, 3.8) is 0 Å². The summed E-state index contributed by atoms with van der Waals surface area (Å²) in [5.74, 6) is -0.660. The number of halogens is 1. The fourth-order valence-corrected chi connectivity index (χ4v) is 3.06. The molecule has 0 atom stereocenters. The molecule has 0 saturated carbocycles. The van der Waals surface area contributed by atoms with Gasteiger partial charge in [-0.1, -0.05) is 0 Å². The normalized spacial score (nSPS) is 14.9. The number of carbonyl (C=O) groups is 2. The molecule has 116 valence electrons. The number of nitrogens with zero attached hydrogens (tertiary/aromatic N) is 2. The fourth-order valence-electron chi connectivity index (χ4n) is 3.06. The van der Waals surface area contributed by atoms with Gasteiger partial charge in [-0.3, -0.25) is 9.59 Å². The van der Waals surface area contributed by atoms with Gasteiger partial charge < -0.3 is 14.8 Å². The van der Waals surface area contributed by atoms with Crippen LogP contribution in [0.2, 0.25) is 0 Å². The summed E-state index contributed by atoms with van der Waals surface area (Å²) >= 11 is 0. The summed E-state index contributed by atoms with van der Waals surface area (Å²) in [6, 6.07) is 4.38.